The summed E-state index contributed by atoms with van der Waals surface area (Å²) >= 11 is 0. The van der Waals surface area contributed by atoms with E-state index < -0.39 is 29.3 Å². The Hall–Kier alpha value is -5.52. The summed E-state index contributed by atoms with van der Waals surface area (Å²) in [7, 11) is 4.50. The van der Waals surface area contributed by atoms with Crippen molar-refractivity contribution in [2.24, 2.45) is 0 Å². The fourth-order valence-electron chi connectivity index (χ4n) is 8.34. The minimum Gasteiger partial charge on any atom is -0.493 e. The van der Waals surface area contributed by atoms with Crippen molar-refractivity contribution in [2.75, 3.05) is 44.9 Å². The zero-order valence-electron chi connectivity index (χ0n) is 34.6. The molecule has 326 valence electrons. The average molecular weight is 885 g/mol. The van der Waals surface area contributed by atoms with E-state index in [0.717, 1.165) is 40.2 Å². The molecule has 62 heavy (non-hydrogen) atoms. The van der Waals surface area contributed by atoms with Crippen molar-refractivity contribution >= 4 is 56.7 Å². The zero-order valence-corrected chi connectivity index (χ0v) is 36.2. The number of methoxy groups -OCH3 is 1. The van der Waals surface area contributed by atoms with Gasteiger partial charge >= 0.3 is 6.09 Å². The topological polar surface area (TPSA) is 178 Å². The molecule has 17 heteroatoms. The van der Waals surface area contributed by atoms with Gasteiger partial charge in [0.15, 0.2) is 23.5 Å². The molecule has 5 aliphatic rings. The Bertz CT molecular complexity index is 2350. The predicted octanol–water partition coefficient (Wildman–Crippen LogP) is 7.45. The Labute approximate surface area is 366 Å². The summed E-state index contributed by atoms with van der Waals surface area (Å²) in [5, 5.41) is 22.8. The van der Waals surface area contributed by atoms with E-state index in [2.05, 4.69) is 13.2 Å². The molecule has 2 saturated heterocycles. The molecule has 3 aromatic carbocycles. The van der Waals surface area contributed by atoms with Crippen LogP contribution < -0.4 is 19.1 Å². The number of nitrogens with zero attached hydrogens (tertiary/aromatic N) is 4. The number of nitro groups is 1. The third-order valence-corrected chi connectivity index (χ3v) is 15.3. The monoisotopic (exact) mass is 884 g/mol. The molecule has 0 bridgehead atoms. The molecule has 0 spiro atoms. The Morgan fingerprint density at radius 2 is 1.58 bits per heavy atom. The molecule has 3 aromatic rings. The molecule has 4 heterocycles. The fourth-order valence-corrected chi connectivity index (χ4v) is 11.0. The summed E-state index contributed by atoms with van der Waals surface area (Å²) in [5.41, 5.74) is 3.84. The Morgan fingerprint density at radius 3 is 2.27 bits per heavy atom. The van der Waals surface area contributed by atoms with E-state index in [1.54, 1.807) is 46.2 Å². The number of unbranched alkanes of at least 4 members (excludes halogenated alkanes) is 2. The summed E-state index contributed by atoms with van der Waals surface area (Å²) in [4.78, 5) is 70.2. The first-order valence-electron chi connectivity index (χ1n) is 20.6. The lowest BCUT2D eigenvalue weighted by molar-refractivity contribution is -0.384. The van der Waals surface area contributed by atoms with E-state index in [1.165, 1.54) is 40.8 Å². The number of rotatable bonds is 15. The highest BCUT2D eigenvalue weighted by Crippen LogP contribution is 2.56. The van der Waals surface area contributed by atoms with Gasteiger partial charge in [-0.15, -0.1) is 0 Å². The fraction of sp³-hybridized carbons (Fsp3) is 0.422. The van der Waals surface area contributed by atoms with E-state index in [-0.39, 0.29) is 58.9 Å². The number of carbonyl (C=O) groups is 4. The molecule has 15 nitrogen and oxygen atoms in total. The van der Waals surface area contributed by atoms with Crippen molar-refractivity contribution < 1.29 is 48.2 Å². The average Bonchev–Trinajstić information content (AvgIpc) is 3.80. The number of amides is 3. The first kappa shape index (κ1) is 43.1. The largest absolute Gasteiger partial charge is 0.493 e. The first-order valence-corrected chi connectivity index (χ1v) is 22.7. The van der Waals surface area contributed by atoms with E-state index in [0.29, 0.717) is 79.4 Å². The first-order chi connectivity index (χ1) is 29.8. The molecule has 3 atom stereocenters. The minimum absolute atomic E-state index is 0.00758. The van der Waals surface area contributed by atoms with Gasteiger partial charge in [-0.25, -0.2) is 9.69 Å². The number of hydrogen-bond acceptors (Lipinski definition) is 13. The smallest absolute Gasteiger partial charge is 0.416 e. The number of aryl methyl sites for hydroxylation is 1. The van der Waals surface area contributed by atoms with E-state index in [9.17, 15) is 34.4 Å². The quantitative estimate of drug-likeness (QED) is 0.0524. The second kappa shape index (κ2) is 17.7. The molecule has 3 amide bonds. The summed E-state index contributed by atoms with van der Waals surface area (Å²) in [5.74, 6) is 0.793. The number of ketones is 1. The highest BCUT2D eigenvalue weighted by molar-refractivity contribution is 8.77. The maximum absolute atomic E-state index is 14.0. The van der Waals surface area contributed by atoms with Crippen LogP contribution in [0.15, 0.2) is 77.7 Å². The van der Waals surface area contributed by atoms with Crippen LogP contribution >= 0.6 is 21.6 Å². The van der Waals surface area contributed by atoms with Crippen LogP contribution in [0, 0.1) is 17.0 Å². The number of aliphatic hydroxyl groups is 1. The second-order valence-corrected chi connectivity index (χ2v) is 19.2. The number of fused-ring (bicyclic) bond motifs is 4. The summed E-state index contributed by atoms with van der Waals surface area (Å²) in [6.45, 7) is 11.3. The van der Waals surface area contributed by atoms with Crippen molar-refractivity contribution in [3.63, 3.8) is 0 Å². The van der Waals surface area contributed by atoms with Crippen molar-refractivity contribution in [1.82, 2.24) is 9.80 Å². The Balaban J connectivity index is 0.890. The van der Waals surface area contributed by atoms with Gasteiger partial charge in [0.25, 0.3) is 17.5 Å². The van der Waals surface area contributed by atoms with Gasteiger partial charge in [0.1, 0.15) is 12.4 Å². The number of hydrogen-bond donors (Lipinski definition) is 1. The number of ether oxygens (including phenoxy) is 4. The lowest BCUT2D eigenvalue weighted by Gasteiger charge is -2.32. The normalized spacial score (nSPS) is 21.1. The van der Waals surface area contributed by atoms with Crippen LogP contribution in [0.5, 0.6) is 17.2 Å². The molecule has 3 fully saturated rings. The Morgan fingerprint density at radius 1 is 0.903 bits per heavy atom. The van der Waals surface area contributed by atoms with E-state index >= 15 is 0 Å². The molecule has 1 saturated carbocycles. The summed E-state index contributed by atoms with van der Waals surface area (Å²) in [6.07, 6.45) is 2.43. The highest BCUT2D eigenvalue weighted by Gasteiger charge is 2.49. The summed E-state index contributed by atoms with van der Waals surface area (Å²) in [6, 6.07) is 11.8. The number of carbonyl (C=O) groups excluding carboxylic acids is 4. The van der Waals surface area contributed by atoms with Crippen LogP contribution in [0.4, 0.5) is 16.2 Å². The Kier molecular flexibility index (Phi) is 12.3. The third kappa shape index (κ3) is 8.75. The van der Waals surface area contributed by atoms with Gasteiger partial charge in [0.2, 0.25) is 0 Å². The molecule has 1 N–H and O–H groups in total. The standard InChI is InChI=1S/C45H48N4O11S2/c1-26-16-35-37(50)19-29-20-40(39(57-4)21-32(29)41(51)46(35)23-26)59-15-7-5-6-14-58-38-22-34-33(18-28(38)3)42(52)47-24-27(2)17-36(47)43(53)48(34)44(54)60-25-45(12-13-45)62-61-31-10-8-30(9-11-31)49(55)56/h8-11,18,20-22,35-36,43,53H,1-2,5-7,12-17,19,23-25H2,3-4H3/t35-,36-,43-/m0/s1. The highest BCUT2D eigenvalue weighted by atomic mass is 33.1. The number of nitro benzene ring substituents is 1. The molecule has 0 unspecified atom stereocenters. The number of anilines is 1. The van der Waals surface area contributed by atoms with Crippen LogP contribution in [0.3, 0.4) is 0 Å². The van der Waals surface area contributed by atoms with Gasteiger partial charge in [0.05, 0.1) is 53.3 Å². The van der Waals surface area contributed by atoms with Gasteiger partial charge < -0.3 is 33.9 Å². The van der Waals surface area contributed by atoms with Crippen LogP contribution in [-0.4, -0.2) is 107 Å². The van der Waals surface area contributed by atoms with Gasteiger partial charge in [-0.1, -0.05) is 45.9 Å². The maximum Gasteiger partial charge on any atom is 0.416 e. The lowest BCUT2D eigenvalue weighted by atomic mass is 9.99. The van der Waals surface area contributed by atoms with E-state index in [4.69, 9.17) is 18.9 Å². The van der Waals surface area contributed by atoms with Gasteiger partial charge in [0, 0.05) is 48.2 Å². The van der Waals surface area contributed by atoms with Crippen LogP contribution in [0.25, 0.3) is 0 Å². The van der Waals surface area contributed by atoms with Crippen molar-refractivity contribution in [1.29, 1.82) is 0 Å². The molecule has 1 aliphatic carbocycles. The van der Waals surface area contributed by atoms with Gasteiger partial charge in [-0.3, -0.25) is 24.5 Å². The number of benzene rings is 3. The minimum atomic E-state index is -1.41. The molecule has 4 aliphatic heterocycles. The van der Waals surface area contributed by atoms with Crippen LogP contribution in [0.1, 0.15) is 76.8 Å². The number of non-ortho nitro benzene ring substituents is 1. The van der Waals surface area contributed by atoms with Crippen molar-refractivity contribution in [3.8, 4) is 17.2 Å². The molecular formula is C45H48N4O11S2. The number of aliphatic hydroxyl groups excluding tert-OH is 1. The number of Topliss-reactive ketones (excluding diaryl/α,β-unsaturated/α-hetero) is 1. The maximum atomic E-state index is 14.0. The molecule has 8 rings (SSSR count). The second-order valence-electron chi connectivity index (χ2n) is 16.5. The molecule has 0 aromatic heterocycles. The van der Waals surface area contributed by atoms with Crippen molar-refractivity contribution in [3.05, 3.63) is 105 Å². The molecule has 0 radical (unpaired) electrons. The van der Waals surface area contributed by atoms with Crippen LogP contribution in [-0.2, 0) is 16.0 Å². The lowest BCUT2D eigenvalue weighted by Crippen LogP contribution is -2.51. The van der Waals surface area contributed by atoms with Crippen molar-refractivity contribution in [2.45, 2.75) is 86.2 Å². The van der Waals surface area contributed by atoms with Crippen LogP contribution in [0.2, 0.25) is 0 Å². The third-order valence-electron chi connectivity index (χ3n) is 11.9. The van der Waals surface area contributed by atoms with Gasteiger partial charge in [-0.2, -0.15) is 0 Å². The predicted molar refractivity (Wildman–Crippen MR) is 233 cm³/mol. The zero-order chi connectivity index (χ0) is 43.9. The van der Waals surface area contributed by atoms with E-state index in [1.807, 2.05) is 6.92 Å². The summed E-state index contributed by atoms with van der Waals surface area (Å²) < 4.78 is 23.5. The SMILES string of the molecule is C=C1C[C@H]2C(=O)Cc3cc(OCCCCCOc4cc5c(cc4C)C(=O)N4CC(=C)C[C@H]4[C@H](O)N5C(=O)OCC4(SSc5ccc([N+](=O)[O-])cc5)CC4)c(OC)cc3C(=O)N2C1. The molecular weight excluding hydrogens is 837 g/mol. The van der Waals surface area contributed by atoms with Gasteiger partial charge in [-0.05, 0) is 93.3 Å².